The van der Waals surface area contributed by atoms with Crippen LogP contribution in [0.5, 0.6) is 17.4 Å². The molecule has 146 valence electrons. The molecule has 7 nitrogen and oxygen atoms in total. The van der Waals surface area contributed by atoms with Gasteiger partial charge in [-0.2, -0.15) is 5.26 Å². The van der Waals surface area contributed by atoms with Crippen molar-refractivity contribution in [2.45, 2.75) is 25.9 Å². The van der Waals surface area contributed by atoms with E-state index in [1.54, 1.807) is 24.4 Å². The number of benzene rings is 2. The molecule has 2 aromatic carbocycles. The third kappa shape index (κ3) is 3.12. The molecule has 0 atom stereocenters. The number of aryl methyl sites for hydroxylation is 1. The lowest BCUT2D eigenvalue weighted by Gasteiger charge is -2.53. The smallest absolute Gasteiger partial charge is 0.233 e. The Labute approximate surface area is 168 Å². The van der Waals surface area contributed by atoms with E-state index in [-0.39, 0.29) is 6.10 Å². The van der Waals surface area contributed by atoms with Crippen molar-refractivity contribution in [2.24, 2.45) is 5.41 Å². The fraction of sp³-hybridized carbons (Fsp3) is 0.318. The average Bonchev–Trinajstić information content (AvgIpc) is 2.65. The summed E-state index contributed by atoms with van der Waals surface area (Å²) in [5.74, 6) is 1.55. The van der Waals surface area contributed by atoms with Crippen molar-refractivity contribution >= 4 is 16.7 Å². The van der Waals surface area contributed by atoms with Crippen LogP contribution in [0, 0.1) is 23.7 Å². The van der Waals surface area contributed by atoms with Crippen LogP contribution < -0.4 is 20.5 Å². The Morgan fingerprint density at radius 1 is 1.21 bits per heavy atom. The molecule has 7 heteroatoms. The molecule has 2 heterocycles. The molecule has 2 fully saturated rings. The summed E-state index contributed by atoms with van der Waals surface area (Å²) in [7, 11) is 0. The van der Waals surface area contributed by atoms with Gasteiger partial charge < -0.3 is 20.5 Å². The molecule has 1 aliphatic carbocycles. The third-order valence-corrected chi connectivity index (χ3v) is 5.82. The van der Waals surface area contributed by atoms with Gasteiger partial charge in [0.15, 0.2) is 0 Å². The molecule has 1 spiro atoms. The van der Waals surface area contributed by atoms with Crippen LogP contribution in [0.4, 0.5) is 5.69 Å². The number of nitrogen functional groups attached to an aromatic ring is 1. The van der Waals surface area contributed by atoms with Crippen LogP contribution in [0.2, 0.25) is 0 Å². The summed E-state index contributed by atoms with van der Waals surface area (Å²) in [5.41, 5.74) is 9.36. The first-order valence-electron chi connectivity index (χ1n) is 9.66. The number of hydrogen-bond acceptors (Lipinski definition) is 7. The van der Waals surface area contributed by atoms with E-state index in [0.29, 0.717) is 39.6 Å². The number of nitriles is 1. The van der Waals surface area contributed by atoms with Crippen LogP contribution in [0.15, 0.2) is 36.5 Å². The lowest BCUT2D eigenvalue weighted by Crippen LogP contribution is -2.62. The van der Waals surface area contributed by atoms with Crippen molar-refractivity contribution in [3.05, 3.63) is 47.7 Å². The molecule has 2 aliphatic rings. The minimum Gasteiger partial charge on any atom is -0.473 e. The molecule has 1 aliphatic heterocycles. The number of fused-ring (bicyclic) bond motifs is 1. The molecule has 5 rings (SSSR count). The molecule has 0 amide bonds. The number of aromatic nitrogens is 2. The highest BCUT2D eigenvalue weighted by Crippen LogP contribution is 2.45. The molecule has 29 heavy (non-hydrogen) atoms. The van der Waals surface area contributed by atoms with Crippen molar-refractivity contribution in [3.8, 4) is 23.4 Å². The molecule has 0 bridgehead atoms. The molecule has 3 aromatic rings. The Kier molecular flexibility index (Phi) is 4.03. The van der Waals surface area contributed by atoms with Gasteiger partial charge in [-0.1, -0.05) is 6.07 Å². The van der Waals surface area contributed by atoms with Gasteiger partial charge in [-0.15, -0.1) is 0 Å². The number of nitrogens with two attached hydrogens (primary N) is 1. The van der Waals surface area contributed by atoms with Gasteiger partial charge in [0, 0.05) is 24.6 Å². The SMILES string of the molecule is Cc1ccc(N)c(C#N)c1Oc1ccc2ncc(OC3CC4(CNC4)C3)nc2c1. The van der Waals surface area contributed by atoms with Crippen LogP contribution in [-0.4, -0.2) is 29.2 Å². The summed E-state index contributed by atoms with van der Waals surface area (Å²) in [6.45, 7) is 4.06. The number of hydrogen-bond donors (Lipinski definition) is 2. The standard InChI is InChI=1S/C22H21N5O2/c1-13-2-4-17(24)16(9-23)21(13)29-14-3-5-18-19(6-14)27-20(10-26-18)28-15-7-22(8-15)11-25-12-22/h2-6,10,15,25H,7-8,11-12,24H2,1H3. The fourth-order valence-corrected chi connectivity index (χ4v) is 4.09. The first-order chi connectivity index (χ1) is 14.0. The number of nitrogens with one attached hydrogen (secondary N) is 1. The van der Waals surface area contributed by atoms with Crippen LogP contribution >= 0.6 is 0 Å². The van der Waals surface area contributed by atoms with Crippen molar-refractivity contribution < 1.29 is 9.47 Å². The molecule has 0 radical (unpaired) electrons. The lowest BCUT2D eigenvalue weighted by atomic mass is 9.63. The van der Waals surface area contributed by atoms with Gasteiger partial charge in [0.2, 0.25) is 5.88 Å². The van der Waals surface area contributed by atoms with E-state index < -0.39 is 0 Å². The monoisotopic (exact) mass is 387 g/mol. The van der Waals surface area contributed by atoms with Crippen LogP contribution in [0.1, 0.15) is 24.0 Å². The first kappa shape index (κ1) is 17.7. The highest BCUT2D eigenvalue weighted by Gasteiger charge is 2.49. The van der Waals surface area contributed by atoms with Crippen molar-refractivity contribution in [1.82, 2.24) is 15.3 Å². The van der Waals surface area contributed by atoms with Crippen molar-refractivity contribution in [2.75, 3.05) is 18.8 Å². The second kappa shape index (κ2) is 6.61. The Balaban J connectivity index is 1.39. The summed E-state index contributed by atoms with van der Waals surface area (Å²) >= 11 is 0. The summed E-state index contributed by atoms with van der Waals surface area (Å²) in [6.07, 6.45) is 4.00. The zero-order chi connectivity index (χ0) is 20.0. The number of rotatable bonds is 4. The largest absolute Gasteiger partial charge is 0.473 e. The van der Waals surface area contributed by atoms with E-state index in [2.05, 4.69) is 21.4 Å². The quantitative estimate of drug-likeness (QED) is 0.662. The van der Waals surface area contributed by atoms with Gasteiger partial charge in [0.25, 0.3) is 0 Å². The normalized spacial score (nSPS) is 17.4. The predicted molar refractivity (Wildman–Crippen MR) is 109 cm³/mol. The van der Waals surface area contributed by atoms with E-state index in [1.165, 1.54) is 0 Å². The van der Waals surface area contributed by atoms with Crippen molar-refractivity contribution in [1.29, 1.82) is 5.26 Å². The third-order valence-electron chi connectivity index (χ3n) is 5.82. The molecule has 3 N–H and O–H groups in total. The predicted octanol–water partition coefficient (Wildman–Crippen LogP) is 3.32. The van der Waals surface area contributed by atoms with E-state index in [1.807, 2.05) is 19.1 Å². The molecule has 1 saturated heterocycles. The molecule has 0 unspecified atom stereocenters. The number of ether oxygens (including phenoxy) is 2. The summed E-state index contributed by atoms with van der Waals surface area (Å²) in [6, 6.07) is 11.1. The summed E-state index contributed by atoms with van der Waals surface area (Å²) < 4.78 is 12.0. The van der Waals surface area contributed by atoms with Gasteiger partial charge in [-0.25, -0.2) is 9.97 Å². The van der Waals surface area contributed by atoms with Crippen LogP contribution in [0.3, 0.4) is 0 Å². The highest BCUT2D eigenvalue weighted by atomic mass is 16.5. The van der Waals surface area contributed by atoms with E-state index >= 15 is 0 Å². The zero-order valence-electron chi connectivity index (χ0n) is 16.1. The minimum atomic E-state index is 0.205. The Hall–Kier alpha value is -3.37. The topological polar surface area (TPSA) is 106 Å². The second-order valence-corrected chi connectivity index (χ2v) is 8.00. The van der Waals surface area contributed by atoms with Crippen LogP contribution in [-0.2, 0) is 0 Å². The second-order valence-electron chi connectivity index (χ2n) is 8.00. The first-order valence-corrected chi connectivity index (χ1v) is 9.66. The van der Waals surface area contributed by atoms with Gasteiger partial charge in [-0.3, -0.25) is 0 Å². The van der Waals surface area contributed by atoms with Gasteiger partial charge in [-0.05, 0) is 43.5 Å². The number of anilines is 1. The average molecular weight is 387 g/mol. The van der Waals surface area contributed by atoms with Crippen LogP contribution in [0.25, 0.3) is 11.0 Å². The zero-order valence-corrected chi connectivity index (χ0v) is 16.1. The van der Waals surface area contributed by atoms with Gasteiger partial charge in [0.1, 0.15) is 29.2 Å². The Morgan fingerprint density at radius 3 is 2.76 bits per heavy atom. The maximum absolute atomic E-state index is 9.43. The van der Waals surface area contributed by atoms with E-state index in [4.69, 9.17) is 15.2 Å². The summed E-state index contributed by atoms with van der Waals surface area (Å²) in [4.78, 5) is 9.05. The lowest BCUT2D eigenvalue weighted by molar-refractivity contribution is -0.0513. The number of nitrogens with zero attached hydrogens (tertiary/aromatic N) is 3. The van der Waals surface area contributed by atoms with E-state index in [0.717, 1.165) is 37.0 Å². The van der Waals surface area contributed by atoms with Crippen molar-refractivity contribution in [3.63, 3.8) is 0 Å². The Bertz CT molecular complexity index is 1140. The fourth-order valence-electron chi connectivity index (χ4n) is 4.09. The molecular weight excluding hydrogens is 366 g/mol. The highest BCUT2D eigenvalue weighted by molar-refractivity contribution is 5.76. The van der Waals surface area contributed by atoms with Gasteiger partial charge in [0.05, 0.1) is 22.9 Å². The maximum atomic E-state index is 9.43. The molecule has 1 saturated carbocycles. The maximum Gasteiger partial charge on any atom is 0.233 e. The molecular formula is C22H21N5O2. The summed E-state index contributed by atoms with van der Waals surface area (Å²) in [5, 5.41) is 12.8. The Morgan fingerprint density at radius 2 is 2.03 bits per heavy atom. The minimum absolute atomic E-state index is 0.205. The van der Waals surface area contributed by atoms with Gasteiger partial charge >= 0.3 is 0 Å². The van der Waals surface area contributed by atoms with E-state index in [9.17, 15) is 5.26 Å². The molecule has 1 aromatic heterocycles.